The maximum atomic E-state index is 13.5. The first-order valence-corrected chi connectivity index (χ1v) is 11.5. The molecule has 0 aliphatic heterocycles. The van der Waals surface area contributed by atoms with E-state index in [1.54, 1.807) is 36.4 Å². The van der Waals surface area contributed by atoms with Crippen LogP contribution in [0.15, 0.2) is 66.0 Å². The van der Waals surface area contributed by atoms with Crippen molar-refractivity contribution in [3.63, 3.8) is 0 Å². The van der Waals surface area contributed by atoms with Gasteiger partial charge >= 0.3 is 6.09 Å². The molecule has 2 heterocycles. The van der Waals surface area contributed by atoms with Crippen LogP contribution in [0.5, 0.6) is 0 Å². The fourth-order valence-electron chi connectivity index (χ4n) is 3.48. The summed E-state index contributed by atoms with van der Waals surface area (Å²) in [4.78, 5) is 15.3. The Bertz CT molecular complexity index is 1200. The van der Waals surface area contributed by atoms with Gasteiger partial charge in [0.05, 0.1) is 12.3 Å². The minimum atomic E-state index is -3.98. The van der Waals surface area contributed by atoms with Gasteiger partial charge in [0.1, 0.15) is 4.90 Å². The lowest BCUT2D eigenvalue weighted by molar-refractivity contribution is 0.174. The molecule has 170 valence electrons. The van der Waals surface area contributed by atoms with Crippen LogP contribution in [-0.2, 0) is 23.1 Å². The fourth-order valence-corrected chi connectivity index (χ4v) is 4.84. The van der Waals surface area contributed by atoms with E-state index in [0.717, 1.165) is 0 Å². The molecule has 0 bridgehead atoms. The van der Waals surface area contributed by atoms with Gasteiger partial charge in [-0.1, -0.05) is 45.0 Å². The molecule has 0 spiro atoms. The Balaban J connectivity index is 2.17. The fraction of sp³-hybridized carbons (Fsp3) is 0.304. The third-order valence-electron chi connectivity index (χ3n) is 5.28. The second-order valence-electron chi connectivity index (χ2n) is 8.61. The number of rotatable bonds is 7. The van der Waals surface area contributed by atoms with E-state index < -0.39 is 27.6 Å². The summed E-state index contributed by atoms with van der Waals surface area (Å²) in [6.45, 7) is 5.49. The van der Waals surface area contributed by atoms with Gasteiger partial charge in [-0.05, 0) is 41.2 Å². The van der Waals surface area contributed by atoms with Crippen LogP contribution in [-0.4, -0.2) is 39.7 Å². The van der Waals surface area contributed by atoms with Gasteiger partial charge in [-0.25, -0.2) is 17.2 Å². The first-order chi connectivity index (χ1) is 15.0. The predicted octanol–water partition coefficient (Wildman–Crippen LogP) is 3.50. The summed E-state index contributed by atoms with van der Waals surface area (Å²) < 4.78 is 28.1. The molecule has 1 unspecified atom stereocenters. The van der Waals surface area contributed by atoms with Crippen molar-refractivity contribution in [2.45, 2.75) is 44.7 Å². The average molecular weight is 458 g/mol. The average Bonchev–Trinajstić information content (AvgIpc) is 3.17. The summed E-state index contributed by atoms with van der Waals surface area (Å²) in [5, 5.41) is 21.6. The molecule has 32 heavy (non-hydrogen) atoms. The van der Waals surface area contributed by atoms with E-state index in [-0.39, 0.29) is 11.5 Å². The lowest BCUT2D eigenvalue weighted by atomic mass is 9.83. The quantitative estimate of drug-likeness (QED) is 0.499. The number of carbonyl (C=O) groups is 1. The Morgan fingerprint density at radius 2 is 1.91 bits per heavy atom. The van der Waals surface area contributed by atoms with Crippen LogP contribution in [0.1, 0.15) is 31.9 Å². The van der Waals surface area contributed by atoms with Gasteiger partial charge in [-0.15, -0.1) is 0 Å². The third-order valence-corrected chi connectivity index (χ3v) is 6.94. The third kappa shape index (κ3) is 5.00. The number of nitrogens with zero attached hydrogens (tertiary/aromatic N) is 2. The molecule has 0 radical (unpaired) electrons. The predicted molar refractivity (Wildman–Crippen MR) is 121 cm³/mol. The van der Waals surface area contributed by atoms with Crippen LogP contribution in [0, 0.1) is 5.41 Å². The molecular weight excluding hydrogens is 430 g/mol. The first-order valence-electron chi connectivity index (χ1n) is 10.1. The highest BCUT2D eigenvalue weighted by atomic mass is 32.2. The minimum Gasteiger partial charge on any atom is -0.465 e. The zero-order valence-corrected chi connectivity index (χ0v) is 19.0. The van der Waals surface area contributed by atoms with Gasteiger partial charge in [0.2, 0.25) is 0 Å². The number of carboxylic acid groups (broad SMARTS) is 1. The van der Waals surface area contributed by atoms with E-state index in [9.17, 15) is 23.4 Å². The maximum Gasteiger partial charge on any atom is 0.404 e. The molecule has 8 nitrogen and oxygen atoms in total. The van der Waals surface area contributed by atoms with Crippen LogP contribution in [0.25, 0.3) is 11.3 Å². The first kappa shape index (κ1) is 23.5. The molecule has 9 heteroatoms. The van der Waals surface area contributed by atoms with Gasteiger partial charge in [-0.2, -0.15) is 0 Å². The Morgan fingerprint density at radius 3 is 2.50 bits per heavy atom. The molecule has 0 fully saturated rings. The van der Waals surface area contributed by atoms with Crippen LogP contribution in [0.4, 0.5) is 4.79 Å². The van der Waals surface area contributed by atoms with Crippen LogP contribution in [0.3, 0.4) is 0 Å². The van der Waals surface area contributed by atoms with Gasteiger partial charge in [0.25, 0.3) is 10.0 Å². The summed E-state index contributed by atoms with van der Waals surface area (Å²) >= 11 is 0. The molecule has 0 aliphatic carbocycles. The highest BCUT2D eigenvalue weighted by molar-refractivity contribution is 7.90. The topological polar surface area (TPSA) is 122 Å². The number of hydrogen-bond donors (Lipinski definition) is 3. The van der Waals surface area contributed by atoms with E-state index in [4.69, 9.17) is 0 Å². The minimum absolute atomic E-state index is 0.0286. The molecule has 0 aliphatic rings. The standard InChI is InChI=1S/C23H27N3O5S/c1-23(2,3)21(25-22(28)29)12-16-11-20(19-9-5-4-7-17(19)15-27)26(14-16)32(30,31)18-8-6-10-24-13-18/h4-11,13-14,21,25,27H,12,15H2,1-3H3,(H,28,29). The van der Waals surface area contributed by atoms with Gasteiger partial charge in [-0.3, -0.25) is 4.98 Å². The zero-order valence-electron chi connectivity index (χ0n) is 18.2. The van der Waals surface area contributed by atoms with Gasteiger partial charge in [0.15, 0.2) is 0 Å². The van der Waals surface area contributed by atoms with Crippen molar-refractivity contribution in [3.05, 3.63) is 72.2 Å². The number of aromatic nitrogens is 2. The van der Waals surface area contributed by atoms with Crippen molar-refractivity contribution in [3.8, 4) is 11.3 Å². The number of amides is 1. The number of hydrogen-bond acceptors (Lipinski definition) is 5. The molecule has 2 aromatic heterocycles. The van der Waals surface area contributed by atoms with E-state index in [1.807, 2.05) is 20.8 Å². The molecule has 0 saturated carbocycles. The molecule has 1 amide bonds. The van der Waals surface area contributed by atoms with Crippen molar-refractivity contribution in [2.24, 2.45) is 5.41 Å². The molecule has 0 saturated heterocycles. The summed E-state index contributed by atoms with van der Waals surface area (Å²) in [7, 11) is -3.98. The molecule has 3 rings (SSSR count). The summed E-state index contributed by atoms with van der Waals surface area (Å²) in [6.07, 6.45) is 3.43. The number of pyridine rings is 1. The zero-order chi connectivity index (χ0) is 23.5. The largest absolute Gasteiger partial charge is 0.465 e. The second kappa shape index (κ2) is 9.13. The van der Waals surface area contributed by atoms with Crippen molar-refractivity contribution in [1.82, 2.24) is 14.3 Å². The molecule has 1 atom stereocenters. The van der Waals surface area contributed by atoms with Crippen LogP contribution >= 0.6 is 0 Å². The van der Waals surface area contributed by atoms with Crippen molar-refractivity contribution >= 4 is 16.1 Å². The SMILES string of the molecule is CC(C)(C)C(Cc1cc(-c2ccccc2CO)n(S(=O)(=O)c2cccnc2)c1)NC(=O)O. The second-order valence-corrected chi connectivity index (χ2v) is 10.4. The summed E-state index contributed by atoms with van der Waals surface area (Å²) in [5.74, 6) is 0. The molecular formula is C23H27N3O5S. The smallest absolute Gasteiger partial charge is 0.404 e. The van der Waals surface area contributed by atoms with E-state index in [1.165, 1.54) is 28.6 Å². The Morgan fingerprint density at radius 1 is 1.19 bits per heavy atom. The number of benzene rings is 1. The van der Waals surface area contributed by atoms with Crippen LogP contribution < -0.4 is 5.32 Å². The monoisotopic (exact) mass is 457 g/mol. The van der Waals surface area contributed by atoms with E-state index in [2.05, 4.69) is 10.3 Å². The van der Waals surface area contributed by atoms with Crippen molar-refractivity contribution in [1.29, 1.82) is 0 Å². The van der Waals surface area contributed by atoms with Gasteiger partial charge < -0.3 is 15.5 Å². The number of aliphatic hydroxyl groups excluding tert-OH is 1. The van der Waals surface area contributed by atoms with Crippen molar-refractivity contribution in [2.75, 3.05) is 0 Å². The summed E-state index contributed by atoms with van der Waals surface area (Å²) in [5.41, 5.74) is 1.79. The molecule has 1 aromatic carbocycles. The maximum absolute atomic E-state index is 13.5. The lowest BCUT2D eigenvalue weighted by Gasteiger charge is -2.30. The van der Waals surface area contributed by atoms with Gasteiger partial charge in [0, 0.05) is 30.2 Å². The number of nitrogens with one attached hydrogen (secondary N) is 1. The summed E-state index contributed by atoms with van der Waals surface area (Å²) in [6, 6.07) is 11.3. The van der Waals surface area contributed by atoms with Crippen LogP contribution in [0.2, 0.25) is 0 Å². The van der Waals surface area contributed by atoms with E-state index >= 15 is 0 Å². The highest BCUT2D eigenvalue weighted by Gasteiger charge is 2.29. The van der Waals surface area contributed by atoms with E-state index in [0.29, 0.717) is 28.8 Å². The normalized spacial score (nSPS) is 13.0. The molecule has 3 aromatic rings. The number of aliphatic hydroxyl groups is 1. The Hall–Kier alpha value is -3.17. The molecule has 3 N–H and O–H groups in total. The van der Waals surface area contributed by atoms with Crippen molar-refractivity contribution < 1.29 is 23.4 Å². The highest BCUT2D eigenvalue weighted by Crippen LogP contribution is 2.31. The Kier molecular flexibility index (Phi) is 6.71. The Labute approximate surface area is 187 Å². The lowest BCUT2D eigenvalue weighted by Crippen LogP contribution is -2.44.